The highest BCUT2D eigenvalue weighted by Gasteiger charge is 2.15. The molecule has 2 aromatic rings. The van der Waals surface area contributed by atoms with E-state index in [0.29, 0.717) is 5.82 Å². The van der Waals surface area contributed by atoms with Crippen LogP contribution in [0.3, 0.4) is 0 Å². The lowest BCUT2D eigenvalue weighted by Crippen LogP contribution is -2.07. The van der Waals surface area contributed by atoms with Crippen molar-refractivity contribution in [1.29, 1.82) is 0 Å². The third-order valence-corrected chi connectivity index (χ3v) is 4.87. The molecule has 0 spiro atoms. The number of anilines is 2. The Bertz CT molecular complexity index is 608. The zero-order valence-electron chi connectivity index (χ0n) is 12.2. The van der Waals surface area contributed by atoms with Gasteiger partial charge in [0.1, 0.15) is 16.7 Å². The number of hydrogen-bond donors (Lipinski definition) is 1. The monoisotopic (exact) mass is 310 g/mol. The minimum atomic E-state index is 0.240. The molecule has 0 atom stereocenters. The van der Waals surface area contributed by atoms with E-state index < -0.39 is 0 Å². The Morgan fingerprint density at radius 1 is 1.20 bits per heavy atom. The second kappa shape index (κ2) is 5.92. The molecule has 108 valence electrons. The van der Waals surface area contributed by atoms with Gasteiger partial charge in [0.05, 0.1) is 0 Å². The van der Waals surface area contributed by atoms with Crippen molar-refractivity contribution in [2.24, 2.45) is 0 Å². The molecule has 2 N–H and O–H groups in total. The second-order valence-corrected chi connectivity index (χ2v) is 7.09. The van der Waals surface area contributed by atoms with Crippen molar-refractivity contribution >= 4 is 34.0 Å². The topological polar surface area (TPSA) is 80.8 Å². The average molecular weight is 310 g/mol. The summed E-state index contributed by atoms with van der Waals surface area (Å²) in [4.78, 5) is 10.8. The van der Waals surface area contributed by atoms with Crippen LogP contribution in [0.5, 0.6) is 0 Å². The van der Waals surface area contributed by atoms with Crippen molar-refractivity contribution < 1.29 is 0 Å². The lowest BCUT2D eigenvalue weighted by molar-refractivity contribution is 0.751. The Labute approximate surface area is 126 Å². The van der Waals surface area contributed by atoms with E-state index in [-0.39, 0.29) is 5.92 Å². The van der Waals surface area contributed by atoms with Gasteiger partial charge >= 0.3 is 0 Å². The van der Waals surface area contributed by atoms with Crippen LogP contribution in [-0.4, -0.2) is 34.3 Å². The molecular formula is C12H18N6S2. The Morgan fingerprint density at radius 2 is 1.90 bits per heavy atom. The van der Waals surface area contributed by atoms with Crippen molar-refractivity contribution in [2.45, 2.75) is 36.1 Å². The molecule has 0 aromatic carbocycles. The first kappa shape index (κ1) is 15.0. The maximum Gasteiger partial charge on any atom is 0.208 e. The van der Waals surface area contributed by atoms with Crippen LogP contribution in [0.4, 0.5) is 10.9 Å². The van der Waals surface area contributed by atoms with E-state index in [0.717, 1.165) is 25.9 Å². The SMILES string of the molecule is Cc1c(N)nc(C(C)C)nc1Sc1nnc(N(C)C)s1. The highest BCUT2D eigenvalue weighted by Crippen LogP contribution is 2.34. The fourth-order valence-corrected chi connectivity index (χ4v) is 3.17. The summed E-state index contributed by atoms with van der Waals surface area (Å²) in [6.07, 6.45) is 0. The van der Waals surface area contributed by atoms with Crippen molar-refractivity contribution in [3.63, 3.8) is 0 Å². The van der Waals surface area contributed by atoms with Crippen LogP contribution in [0.25, 0.3) is 0 Å². The first-order chi connectivity index (χ1) is 9.38. The largest absolute Gasteiger partial charge is 0.383 e. The summed E-state index contributed by atoms with van der Waals surface area (Å²) in [6, 6.07) is 0. The average Bonchev–Trinajstić information content (AvgIpc) is 2.83. The predicted octanol–water partition coefficient (Wildman–Crippen LogP) is 2.56. The molecular weight excluding hydrogens is 292 g/mol. The first-order valence-corrected chi connectivity index (χ1v) is 7.84. The normalized spacial score (nSPS) is 11.1. The number of nitrogen functional groups attached to an aromatic ring is 1. The molecule has 0 amide bonds. The van der Waals surface area contributed by atoms with Gasteiger partial charge in [-0.25, -0.2) is 9.97 Å². The van der Waals surface area contributed by atoms with E-state index in [1.54, 1.807) is 0 Å². The molecule has 0 aliphatic rings. The quantitative estimate of drug-likeness (QED) is 0.869. The number of hydrogen-bond acceptors (Lipinski definition) is 8. The number of nitrogens with zero attached hydrogens (tertiary/aromatic N) is 5. The summed E-state index contributed by atoms with van der Waals surface area (Å²) < 4.78 is 0.851. The van der Waals surface area contributed by atoms with Gasteiger partial charge in [0.15, 0.2) is 4.34 Å². The van der Waals surface area contributed by atoms with Crippen molar-refractivity contribution in [2.75, 3.05) is 24.7 Å². The molecule has 2 heterocycles. The van der Waals surface area contributed by atoms with E-state index in [4.69, 9.17) is 5.73 Å². The fourth-order valence-electron chi connectivity index (χ4n) is 1.39. The van der Waals surface area contributed by atoms with Crippen LogP contribution in [0.2, 0.25) is 0 Å². The lowest BCUT2D eigenvalue weighted by Gasteiger charge is -2.10. The molecule has 2 aromatic heterocycles. The molecule has 0 fully saturated rings. The van der Waals surface area contributed by atoms with Crippen molar-refractivity contribution in [1.82, 2.24) is 20.2 Å². The van der Waals surface area contributed by atoms with Crippen molar-refractivity contribution in [3.8, 4) is 0 Å². The van der Waals surface area contributed by atoms with Crippen LogP contribution < -0.4 is 10.6 Å². The minimum Gasteiger partial charge on any atom is -0.383 e. The van der Waals surface area contributed by atoms with Gasteiger partial charge in [-0.15, -0.1) is 10.2 Å². The zero-order chi connectivity index (χ0) is 14.9. The fraction of sp³-hybridized carbons (Fsp3) is 0.500. The maximum absolute atomic E-state index is 5.96. The van der Waals surface area contributed by atoms with Crippen LogP contribution in [0.1, 0.15) is 31.2 Å². The predicted molar refractivity (Wildman–Crippen MR) is 83.6 cm³/mol. The molecule has 0 aliphatic carbocycles. The Hall–Kier alpha value is -1.41. The summed E-state index contributed by atoms with van der Waals surface area (Å²) in [5.41, 5.74) is 6.85. The molecule has 0 saturated heterocycles. The minimum absolute atomic E-state index is 0.240. The molecule has 0 unspecified atom stereocenters. The van der Waals surface area contributed by atoms with Crippen LogP contribution >= 0.6 is 23.1 Å². The summed E-state index contributed by atoms with van der Waals surface area (Å²) in [6.45, 7) is 6.02. The van der Waals surface area contributed by atoms with Gasteiger partial charge in [0.2, 0.25) is 5.13 Å². The molecule has 2 rings (SSSR count). The molecule has 0 bridgehead atoms. The molecule has 6 nitrogen and oxygen atoms in total. The van der Waals surface area contributed by atoms with Crippen LogP contribution in [0, 0.1) is 6.92 Å². The van der Waals surface area contributed by atoms with Gasteiger partial charge < -0.3 is 10.6 Å². The summed E-state index contributed by atoms with van der Waals surface area (Å²) in [7, 11) is 3.89. The number of aromatic nitrogens is 4. The maximum atomic E-state index is 5.96. The summed E-state index contributed by atoms with van der Waals surface area (Å²) in [5, 5.41) is 10.0. The van der Waals surface area contributed by atoms with E-state index in [9.17, 15) is 0 Å². The van der Waals surface area contributed by atoms with E-state index in [1.807, 2.05) is 39.8 Å². The molecule has 20 heavy (non-hydrogen) atoms. The molecule has 0 radical (unpaired) electrons. The Morgan fingerprint density at radius 3 is 2.45 bits per heavy atom. The van der Waals surface area contributed by atoms with E-state index in [1.165, 1.54) is 23.1 Å². The highest BCUT2D eigenvalue weighted by atomic mass is 32.2. The highest BCUT2D eigenvalue weighted by molar-refractivity contribution is 8.01. The third-order valence-electron chi connectivity index (χ3n) is 2.63. The second-order valence-electron chi connectivity index (χ2n) is 4.90. The van der Waals surface area contributed by atoms with Crippen molar-refractivity contribution in [3.05, 3.63) is 11.4 Å². The number of nitrogens with two attached hydrogens (primary N) is 1. The zero-order valence-corrected chi connectivity index (χ0v) is 13.8. The Balaban J connectivity index is 2.32. The smallest absolute Gasteiger partial charge is 0.208 e. The van der Waals surface area contributed by atoms with Crippen LogP contribution in [-0.2, 0) is 0 Å². The Kier molecular flexibility index (Phi) is 4.44. The van der Waals surface area contributed by atoms with E-state index >= 15 is 0 Å². The molecule has 0 aliphatic heterocycles. The third kappa shape index (κ3) is 3.18. The van der Waals surface area contributed by atoms with Crippen LogP contribution in [0.15, 0.2) is 9.37 Å². The number of rotatable bonds is 4. The van der Waals surface area contributed by atoms with Gasteiger partial charge in [0, 0.05) is 25.6 Å². The first-order valence-electron chi connectivity index (χ1n) is 6.21. The summed E-state index contributed by atoms with van der Waals surface area (Å²) in [5.74, 6) is 1.53. The van der Waals surface area contributed by atoms with Gasteiger partial charge in [-0.2, -0.15) is 0 Å². The molecule has 8 heteroatoms. The van der Waals surface area contributed by atoms with Gasteiger partial charge in [-0.3, -0.25) is 0 Å². The van der Waals surface area contributed by atoms with E-state index in [2.05, 4.69) is 20.2 Å². The van der Waals surface area contributed by atoms with Gasteiger partial charge in [-0.05, 0) is 18.7 Å². The molecule has 0 saturated carbocycles. The van der Waals surface area contributed by atoms with Gasteiger partial charge in [-0.1, -0.05) is 25.2 Å². The van der Waals surface area contributed by atoms with Gasteiger partial charge in [0.25, 0.3) is 0 Å². The summed E-state index contributed by atoms with van der Waals surface area (Å²) >= 11 is 3.02. The standard InChI is InChI=1S/C12H18N6S2/c1-6(2)9-14-8(13)7(3)10(15-9)19-12-17-16-11(20-12)18(4)5/h6H,1-5H3,(H2,13,14,15). The lowest BCUT2D eigenvalue weighted by atomic mass is 10.2.